The molecule has 0 aliphatic carbocycles. The van der Waals surface area contributed by atoms with Crippen LogP contribution in [0.15, 0.2) is 36.4 Å². The van der Waals surface area contributed by atoms with Crippen molar-refractivity contribution in [3.8, 4) is 0 Å². The van der Waals surface area contributed by atoms with Crippen molar-refractivity contribution in [2.24, 2.45) is 0 Å². The number of hydrogen-bond donors (Lipinski definition) is 2. The number of carbonyl (C=O) groups is 3. The summed E-state index contributed by atoms with van der Waals surface area (Å²) >= 11 is 1.24. The van der Waals surface area contributed by atoms with Crippen molar-refractivity contribution in [1.82, 2.24) is 5.32 Å². The first-order valence-corrected chi connectivity index (χ1v) is 9.67. The summed E-state index contributed by atoms with van der Waals surface area (Å²) in [5, 5.41) is 16.5. The second-order valence-corrected chi connectivity index (χ2v) is 7.23. The third kappa shape index (κ3) is 7.34. The molecular weight excluding hydrogens is 398 g/mol. The largest absolute Gasteiger partial charge is 0.457 e. The number of benzene rings is 1. The lowest BCUT2D eigenvalue weighted by atomic mass is 10.2. The zero-order valence-electron chi connectivity index (χ0n) is 15.8. The molecule has 0 bridgehead atoms. The minimum atomic E-state index is -0.516. The lowest BCUT2D eigenvalue weighted by Gasteiger charge is -2.07. The molecule has 1 aromatic carbocycles. The first kappa shape index (κ1) is 22.0. The Hall–Kier alpha value is -3.27. The van der Waals surface area contributed by atoms with Crippen molar-refractivity contribution >= 4 is 40.4 Å². The Morgan fingerprint density at radius 1 is 1.17 bits per heavy atom. The summed E-state index contributed by atoms with van der Waals surface area (Å²) in [5.74, 6) is -0.982. The second kappa shape index (κ2) is 10.9. The molecule has 2 rings (SSSR count). The normalized spacial score (nSPS) is 10.2. The highest BCUT2D eigenvalue weighted by molar-refractivity contribution is 7.14. The minimum absolute atomic E-state index is 0.0329. The molecular formula is C19H21N3O6S. The molecule has 29 heavy (non-hydrogen) atoms. The molecule has 0 atom stereocenters. The lowest BCUT2D eigenvalue weighted by Crippen LogP contribution is -2.18. The molecule has 9 nitrogen and oxygen atoms in total. The Bertz CT molecular complexity index is 896. The van der Waals surface area contributed by atoms with Crippen LogP contribution in [0.1, 0.15) is 34.3 Å². The highest BCUT2D eigenvalue weighted by Crippen LogP contribution is 2.23. The number of nitrogens with one attached hydrogen (secondary N) is 2. The van der Waals surface area contributed by atoms with E-state index in [0.717, 1.165) is 4.88 Å². The third-order valence-corrected chi connectivity index (χ3v) is 4.91. The smallest absolute Gasteiger partial charge is 0.306 e. The number of ether oxygens (including phenoxy) is 1. The number of hydrogen-bond acceptors (Lipinski definition) is 8. The maximum Gasteiger partial charge on any atom is 0.306 e. The van der Waals surface area contributed by atoms with E-state index in [0.29, 0.717) is 30.1 Å². The van der Waals surface area contributed by atoms with Gasteiger partial charge >= 0.3 is 5.97 Å². The summed E-state index contributed by atoms with van der Waals surface area (Å²) in [7, 11) is 0. The van der Waals surface area contributed by atoms with E-state index < -0.39 is 10.9 Å². The van der Waals surface area contributed by atoms with E-state index in [1.54, 1.807) is 30.3 Å². The fraction of sp³-hybridized carbons (Fsp3) is 0.316. The van der Waals surface area contributed by atoms with Gasteiger partial charge in [-0.15, -0.1) is 11.3 Å². The fourth-order valence-electron chi connectivity index (χ4n) is 2.36. The Morgan fingerprint density at radius 2 is 1.93 bits per heavy atom. The third-order valence-electron chi connectivity index (χ3n) is 3.79. The Morgan fingerprint density at radius 3 is 2.66 bits per heavy atom. The maximum atomic E-state index is 12.1. The number of Topliss-reactive ketones (excluding diaryl/α,β-unsaturated/α-hetero) is 1. The van der Waals surface area contributed by atoms with Gasteiger partial charge in [0.15, 0.2) is 6.61 Å². The zero-order chi connectivity index (χ0) is 21.2. The highest BCUT2D eigenvalue weighted by Gasteiger charge is 2.14. The zero-order valence-corrected chi connectivity index (χ0v) is 16.6. The molecule has 1 amide bonds. The molecule has 1 heterocycles. The van der Waals surface area contributed by atoms with Gasteiger partial charge in [-0.3, -0.25) is 24.5 Å². The maximum absolute atomic E-state index is 12.1. The van der Waals surface area contributed by atoms with Crippen LogP contribution >= 0.6 is 11.3 Å². The molecule has 1 aromatic heterocycles. The average Bonchev–Trinajstić information content (AvgIpc) is 3.17. The standard InChI is InChI=1S/C19H21N3O6S/c1-13(23)21-11-14-8-9-18(29-14)17(24)12-28-19(25)7-4-10-20-15-5-2-3-6-16(15)22(26)27/h2-3,5-6,8-9,20H,4,7,10-12H2,1H3,(H,21,23). The van der Waals surface area contributed by atoms with Gasteiger partial charge in [-0.25, -0.2) is 0 Å². The van der Waals surface area contributed by atoms with Crippen molar-refractivity contribution in [1.29, 1.82) is 0 Å². The molecule has 10 heteroatoms. The van der Waals surface area contributed by atoms with Gasteiger partial charge in [-0.2, -0.15) is 0 Å². The number of rotatable bonds is 11. The fourth-order valence-corrected chi connectivity index (χ4v) is 3.23. The van der Waals surface area contributed by atoms with Gasteiger partial charge in [-0.1, -0.05) is 12.1 Å². The molecule has 2 aromatic rings. The van der Waals surface area contributed by atoms with E-state index in [9.17, 15) is 24.5 Å². The van der Waals surface area contributed by atoms with Crippen LogP contribution in [0, 0.1) is 10.1 Å². The van der Waals surface area contributed by atoms with Crippen LogP contribution < -0.4 is 10.6 Å². The summed E-state index contributed by atoms with van der Waals surface area (Å²) < 4.78 is 4.99. The Kier molecular flexibility index (Phi) is 8.28. The molecule has 0 unspecified atom stereocenters. The van der Waals surface area contributed by atoms with Crippen molar-refractivity contribution in [3.05, 3.63) is 56.3 Å². The van der Waals surface area contributed by atoms with Crippen LogP contribution in [-0.2, 0) is 20.9 Å². The predicted molar refractivity (Wildman–Crippen MR) is 108 cm³/mol. The molecule has 0 aliphatic heterocycles. The van der Waals surface area contributed by atoms with Gasteiger partial charge < -0.3 is 15.4 Å². The highest BCUT2D eigenvalue weighted by atomic mass is 32.1. The summed E-state index contributed by atoms with van der Waals surface area (Å²) in [5.41, 5.74) is 0.350. The predicted octanol–water partition coefficient (Wildman–Crippen LogP) is 2.91. The van der Waals surface area contributed by atoms with Crippen molar-refractivity contribution in [3.63, 3.8) is 0 Å². The van der Waals surface area contributed by atoms with Crippen LogP contribution in [0.25, 0.3) is 0 Å². The van der Waals surface area contributed by atoms with Crippen LogP contribution in [0.3, 0.4) is 0 Å². The van der Waals surface area contributed by atoms with E-state index in [1.807, 2.05) is 0 Å². The number of amides is 1. The van der Waals surface area contributed by atoms with E-state index in [2.05, 4.69) is 10.6 Å². The van der Waals surface area contributed by atoms with Gasteiger partial charge in [0.25, 0.3) is 5.69 Å². The van der Waals surface area contributed by atoms with Crippen LogP contribution in [0.2, 0.25) is 0 Å². The number of para-hydroxylation sites is 2. The molecule has 154 valence electrons. The van der Waals surface area contributed by atoms with Crippen LogP contribution in [-0.4, -0.2) is 35.7 Å². The van der Waals surface area contributed by atoms with Crippen molar-refractivity contribution < 1.29 is 24.0 Å². The van der Waals surface area contributed by atoms with Crippen LogP contribution in [0.5, 0.6) is 0 Å². The van der Waals surface area contributed by atoms with Gasteiger partial charge in [-0.05, 0) is 24.6 Å². The first-order valence-electron chi connectivity index (χ1n) is 8.86. The molecule has 0 spiro atoms. The SMILES string of the molecule is CC(=O)NCc1ccc(C(=O)COC(=O)CCCNc2ccccc2[N+](=O)[O-])s1. The number of nitro benzene ring substituents is 1. The monoisotopic (exact) mass is 419 g/mol. The quantitative estimate of drug-likeness (QED) is 0.188. The second-order valence-electron chi connectivity index (χ2n) is 6.06. The molecule has 2 N–H and O–H groups in total. The number of anilines is 1. The minimum Gasteiger partial charge on any atom is -0.457 e. The number of esters is 1. The number of thiophene rings is 1. The summed E-state index contributed by atoms with van der Waals surface area (Å²) in [6, 6.07) is 9.62. The number of nitro groups is 1. The van der Waals surface area contributed by atoms with Gasteiger partial charge in [0.2, 0.25) is 11.7 Å². The van der Waals surface area contributed by atoms with E-state index in [1.165, 1.54) is 24.3 Å². The molecule has 0 saturated carbocycles. The van der Waals surface area contributed by atoms with E-state index in [-0.39, 0.29) is 30.4 Å². The van der Waals surface area contributed by atoms with E-state index in [4.69, 9.17) is 4.74 Å². The Balaban J connectivity index is 1.69. The molecule has 0 saturated heterocycles. The molecule has 0 fully saturated rings. The van der Waals surface area contributed by atoms with E-state index >= 15 is 0 Å². The number of carbonyl (C=O) groups excluding carboxylic acids is 3. The van der Waals surface area contributed by atoms with Gasteiger partial charge in [0.1, 0.15) is 5.69 Å². The average molecular weight is 419 g/mol. The Labute approximate surface area is 171 Å². The number of ketones is 1. The summed E-state index contributed by atoms with van der Waals surface area (Å²) in [6.07, 6.45) is 0.484. The van der Waals surface area contributed by atoms with Gasteiger partial charge in [0, 0.05) is 30.8 Å². The van der Waals surface area contributed by atoms with Crippen molar-refractivity contribution in [2.75, 3.05) is 18.5 Å². The summed E-state index contributed by atoms with van der Waals surface area (Å²) in [4.78, 5) is 46.5. The first-order chi connectivity index (χ1) is 13.9. The van der Waals surface area contributed by atoms with Crippen LogP contribution in [0.4, 0.5) is 11.4 Å². The number of nitrogens with zero attached hydrogens (tertiary/aromatic N) is 1. The van der Waals surface area contributed by atoms with Crippen molar-refractivity contribution in [2.45, 2.75) is 26.3 Å². The summed E-state index contributed by atoms with van der Waals surface area (Å²) in [6.45, 7) is 1.76. The lowest BCUT2D eigenvalue weighted by molar-refractivity contribution is -0.384. The molecule has 0 aliphatic rings. The topological polar surface area (TPSA) is 128 Å². The molecule has 0 radical (unpaired) electrons. The van der Waals surface area contributed by atoms with Gasteiger partial charge in [0.05, 0.1) is 16.3 Å².